The molecule has 0 aromatic heterocycles. The molecule has 1 aromatic carbocycles. The number of amides is 2. The molecule has 9 heteroatoms. The number of aliphatic carboxylic acids is 1. The summed E-state index contributed by atoms with van der Waals surface area (Å²) in [6, 6.07) is 8.35. The Morgan fingerprint density at radius 2 is 2.03 bits per heavy atom. The number of esters is 1. The summed E-state index contributed by atoms with van der Waals surface area (Å²) in [5.74, 6) is -2.34. The molecule has 2 atom stereocenters. The van der Waals surface area contributed by atoms with E-state index < -0.39 is 29.3 Å². The number of carboxylic acids is 1. The highest BCUT2D eigenvalue weighted by molar-refractivity contribution is 8.00. The van der Waals surface area contributed by atoms with Crippen molar-refractivity contribution >= 4 is 35.5 Å². The molecule has 1 aromatic rings. The third-order valence-corrected chi connectivity index (χ3v) is 5.73. The molecule has 1 fully saturated rings. The molecule has 2 aliphatic rings. The van der Waals surface area contributed by atoms with Crippen LogP contribution in [0, 0.1) is 0 Å². The fourth-order valence-electron chi connectivity index (χ4n) is 3.14. The lowest BCUT2D eigenvalue weighted by atomic mass is 10.0. The summed E-state index contributed by atoms with van der Waals surface area (Å²) in [5.41, 5.74) is 0.990. The predicted molar refractivity (Wildman–Crippen MR) is 106 cm³/mol. The van der Waals surface area contributed by atoms with E-state index in [9.17, 15) is 24.3 Å². The number of carboxylic acid groups (broad SMARTS) is 1. The van der Waals surface area contributed by atoms with Crippen molar-refractivity contribution in [3.8, 4) is 0 Å². The minimum absolute atomic E-state index is 0.136. The smallest absolute Gasteiger partial charge is 0.352 e. The van der Waals surface area contributed by atoms with Crippen LogP contribution in [-0.2, 0) is 30.3 Å². The first-order valence-corrected chi connectivity index (χ1v) is 10.1. The van der Waals surface area contributed by atoms with Crippen LogP contribution in [0.1, 0.15) is 12.5 Å². The molecular formula is C20H20N2O6S. The highest BCUT2D eigenvalue weighted by Crippen LogP contribution is 2.40. The second kappa shape index (κ2) is 8.95. The minimum Gasteiger partial charge on any atom is -0.477 e. The SMILES string of the molecule is CCOC(=O)C=CC1=C(C(=O)O)N2C(=O)C(NC(=O)Cc3ccccc3)[C@H]2SC1. The van der Waals surface area contributed by atoms with Gasteiger partial charge in [-0.3, -0.25) is 14.5 Å². The molecule has 2 heterocycles. The molecule has 3 rings (SSSR count). The number of β-lactam (4-membered cyclic amide) rings is 1. The molecule has 29 heavy (non-hydrogen) atoms. The van der Waals surface area contributed by atoms with Crippen molar-refractivity contribution in [1.82, 2.24) is 10.2 Å². The summed E-state index contributed by atoms with van der Waals surface area (Å²) in [7, 11) is 0. The zero-order valence-electron chi connectivity index (χ0n) is 15.7. The molecule has 0 bridgehead atoms. The molecule has 2 N–H and O–H groups in total. The number of thioether (sulfide) groups is 1. The first-order valence-electron chi connectivity index (χ1n) is 9.01. The van der Waals surface area contributed by atoms with Gasteiger partial charge in [-0.25, -0.2) is 9.59 Å². The Morgan fingerprint density at radius 1 is 1.31 bits per heavy atom. The zero-order chi connectivity index (χ0) is 21.0. The summed E-state index contributed by atoms with van der Waals surface area (Å²) in [4.78, 5) is 49.2. The quantitative estimate of drug-likeness (QED) is 0.389. The summed E-state index contributed by atoms with van der Waals surface area (Å²) in [5, 5.41) is 11.8. The van der Waals surface area contributed by atoms with Crippen molar-refractivity contribution in [2.75, 3.05) is 12.4 Å². The van der Waals surface area contributed by atoms with Crippen molar-refractivity contribution in [1.29, 1.82) is 0 Å². The van der Waals surface area contributed by atoms with E-state index in [0.717, 1.165) is 16.5 Å². The Hall–Kier alpha value is -3.07. The summed E-state index contributed by atoms with van der Waals surface area (Å²) >= 11 is 1.33. The summed E-state index contributed by atoms with van der Waals surface area (Å²) < 4.78 is 4.79. The van der Waals surface area contributed by atoms with E-state index in [1.54, 1.807) is 6.92 Å². The van der Waals surface area contributed by atoms with Gasteiger partial charge >= 0.3 is 11.9 Å². The molecule has 0 radical (unpaired) electrons. The van der Waals surface area contributed by atoms with Crippen molar-refractivity contribution in [2.45, 2.75) is 24.8 Å². The number of carbonyl (C=O) groups is 4. The first kappa shape index (κ1) is 20.7. The van der Waals surface area contributed by atoms with Crippen molar-refractivity contribution in [3.63, 3.8) is 0 Å². The number of hydrogen-bond donors (Lipinski definition) is 2. The molecule has 152 valence electrons. The lowest BCUT2D eigenvalue weighted by Crippen LogP contribution is -2.70. The van der Waals surface area contributed by atoms with Crippen LogP contribution in [0.4, 0.5) is 0 Å². The third kappa shape index (κ3) is 4.51. The topological polar surface area (TPSA) is 113 Å². The lowest BCUT2D eigenvalue weighted by Gasteiger charge is -2.49. The van der Waals surface area contributed by atoms with E-state index >= 15 is 0 Å². The molecule has 2 aliphatic heterocycles. The van der Waals surface area contributed by atoms with Gasteiger partial charge in [-0.05, 0) is 24.1 Å². The molecule has 1 unspecified atom stereocenters. The molecule has 0 saturated carbocycles. The van der Waals surface area contributed by atoms with Crippen LogP contribution < -0.4 is 5.32 Å². The van der Waals surface area contributed by atoms with Crippen LogP contribution >= 0.6 is 11.8 Å². The van der Waals surface area contributed by atoms with E-state index in [1.807, 2.05) is 30.3 Å². The standard InChI is InChI=1S/C20H20N2O6S/c1-2-28-15(24)9-8-13-11-29-19-16(18(25)22(19)17(13)20(26)27)21-14(23)10-12-6-4-3-5-7-12/h3-9,16,19H,2,10-11H2,1H3,(H,21,23)(H,26,27)/t16?,19-/m1/s1. The number of nitrogens with zero attached hydrogens (tertiary/aromatic N) is 1. The highest BCUT2D eigenvalue weighted by atomic mass is 32.2. The van der Waals surface area contributed by atoms with E-state index in [2.05, 4.69) is 5.32 Å². The Bertz CT molecular complexity index is 895. The Balaban J connectivity index is 1.70. The average Bonchev–Trinajstić information content (AvgIpc) is 2.70. The van der Waals surface area contributed by atoms with Gasteiger partial charge in [-0.1, -0.05) is 30.3 Å². The predicted octanol–water partition coefficient (Wildman–Crippen LogP) is 1.09. The van der Waals surface area contributed by atoms with Gasteiger partial charge in [-0.2, -0.15) is 0 Å². The average molecular weight is 416 g/mol. The van der Waals surface area contributed by atoms with Gasteiger partial charge in [0.1, 0.15) is 17.1 Å². The van der Waals surface area contributed by atoms with Gasteiger partial charge in [0.2, 0.25) is 5.91 Å². The van der Waals surface area contributed by atoms with E-state index in [-0.39, 0.29) is 30.4 Å². The third-order valence-electron chi connectivity index (χ3n) is 4.43. The fraction of sp³-hybridized carbons (Fsp3) is 0.300. The Morgan fingerprint density at radius 3 is 2.69 bits per heavy atom. The normalized spacial score (nSPS) is 20.9. The minimum atomic E-state index is -1.26. The van der Waals surface area contributed by atoms with Crippen LogP contribution in [0.25, 0.3) is 0 Å². The molecule has 8 nitrogen and oxygen atoms in total. The lowest BCUT2D eigenvalue weighted by molar-refractivity contribution is -0.150. The maximum absolute atomic E-state index is 12.6. The number of benzene rings is 1. The number of allylic oxidation sites excluding steroid dienone is 1. The van der Waals surface area contributed by atoms with E-state index in [0.29, 0.717) is 5.57 Å². The Labute approximate surface area is 171 Å². The van der Waals surface area contributed by atoms with Crippen molar-refractivity contribution in [3.05, 3.63) is 59.3 Å². The van der Waals surface area contributed by atoms with Crippen LogP contribution in [-0.4, -0.2) is 57.5 Å². The highest BCUT2D eigenvalue weighted by Gasteiger charge is 2.53. The van der Waals surface area contributed by atoms with E-state index in [1.165, 1.54) is 17.8 Å². The number of hydrogen-bond acceptors (Lipinski definition) is 6. The molecular weight excluding hydrogens is 396 g/mol. The summed E-state index contributed by atoms with van der Waals surface area (Å²) in [6.07, 6.45) is 2.64. The fourth-order valence-corrected chi connectivity index (χ4v) is 4.45. The molecule has 2 amide bonds. The Kier molecular flexibility index (Phi) is 6.38. The second-order valence-corrected chi connectivity index (χ2v) is 7.49. The van der Waals surface area contributed by atoms with E-state index in [4.69, 9.17) is 4.74 Å². The van der Waals surface area contributed by atoms with Gasteiger partial charge in [0.15, 0.2) is 0 Å². The number of carbonyl (C=O) groups excluding carboxylic acids is 3. The van der Waals surface area contributed by atoms with Crippen LogP contribution in [0.15, 0.2) is 53.8 Å². The molecule has 0 spiro atoms. The van der Waals surface area contributed by atoms with Gasteiger partial charge in [0, 0.05) is 11.8 Å². The van der Waals surface area contributed by atoms with Crippen molar-refractivity contribution < 1.29 is 29.0 Å². The van der Waals surface area contributed by atoms with Gasteiger partial charge in [0.25, 0.3) is 5.91 Å². The second-order valence-electron chi connectivity index (χ2n) is 6.38. The maximum Gasteiger partial charge on any atom is 0.352 e. The zero-order valence-corrected chi connectivity index (χ0v) is 16.5. The van der Waals surface area contributed by atoms with Crippen LogP contribution in [0.5, 0.6) is 0 Å². The van der Waals surface area contributed by atoms with Gasteiger partial charge < -0.3 is 15.2 Å². The van der Waals surface area contributed by atoms with Gasteiger partial charge in [-0.15, -0.1) is 11.8 Å². The number of nitrogens with one attached hydrogen (secondary N) is 1. The first-order chi connectivity index (χ1) is 13.9. The van der Waals surface area contributed by atoms with Crippen LogP contribution in [0.2, 0.25) is 0 Å². The maximum atomic E-state index is 12.6. The molecule has 1 saturated heterocycles. The summed E-state index contributed by atoms with van der Waals surface area (Å²) in [6.45, 7) is 1.87. The number of fused-ring (bicyclic) bond motifs is 1. The number of rotatable bonds is 7. The molecule has 0 aliphatic carbocycles. The van der Waals surface area contributed by atoms with Crippen molar-refractivity contribution in [2.24, 2.45) is 0 Å². The monoisotopic (exact) mass is 416 g/mol. The van der Waals surface area contributed by atoms with Crippen LogP contribution in [0.3, 0.4) is 0 Å². The number of ether oxygens (including phenoxy) is 1. The largest absolute Gasteiger partial charge is 0.477 e. The van der Waals surface area contributed by atoms with Gasteiger partial charge in [0.05, 0.1) is 13.0 Å².